The first-order chi connectivity index (χ1) is 14.3. The van der Waals surface area contributed by atoms with E-state index in [2.05, 4.69) is 9.93 Å². The zero-order valence-corrected chi connectivity index (χ0v) is 18.5. The minimum Gasteiger partial charge on any atom is -0.497 e. The van der Waals surface area contributed by atoms with Gasteiger partial charge >= 0.3 is 0 Å². The summed E-state index contributed by atoms with van der Waals surface area (Å²) in [6.45, 7) is 0.0481. The highest BCUT2D eigenvalue weighted by molar-refractivity contribution is 7.89. The van der Waals surface area contributed by atoms with E-state index in [1.807, 2.05) is 0 Å². The summed E-state index contributed by atoms with van der Waals surface area (Å²) in [6, 6.07) is 12.2. The molecule has 0 fully saturated rings. The molecule has 7 nitrogen and oxygen atoms in total. The second-order valence-corrected chi connectivity index (χ2v) is 8.73. The van der Waals surface area contributed by atoms with Crippen molar-refractivity contribution in [2.75, 3.05) is 7.11 Å². The lowest BCUT2D eigenvalue weighted by Gasteiger charge is -2.08. The van der Waals surface area contributed by atoms with Gasteiger partial charge in [0.1, 0.15) is 23.9 Å². The predicted octanol–water partition coefficient (Wildman–Crippen LogP) is 5.14. The smallest absolute Gasteiger partial charge is 0.276 e. The first-order valence-electron chi connectivity index (χ1n) is 8.33. The number of benzene rings is 2. The molecule has 0 saturated carbocycles. The SMILES string of the molecule is COc1ccc(S(=O)(=O)NN=Cc2ccc(COc3c(Cl)cc(Cl)cc3Cl)o2)cc1. The van der Waals surface area contributed by atoms with Gasteiger partial charge < -0.3 is 13.9 Å². The number of hydrazone groups is 1. The molecule has 3 rings (SSSR count). The lowest BCUT2D eigenvalue weighted by molar-refractivity contribution is 0.270. The summed E-state index contributed by atoms with van der Waals surface area (Å²) in [5.74, 6) is 1.60. The molecule has 3 aromatic rings. The molecular weight excluding hydrogens is 475 g/mol. The quantitative estimate of drug-likeness (QED) is 0.349. The summed E-state index contributed by atoms with van der Waals surface area (Å²) >= 11 is 18.0. The Balaban J connectivity index is 1.60. The highest BCUT2D eigenvalue weighted by Gasteiger charge is 2.13. The number of nitrogens with one attached hydrogen (secondary N) is 1. The zero-order chi connectivity index (χ0) is 21.7. The van der Waals surface area contributed by atoms with Crippen LogP contribution in [0.4, 0.5) is 0 Å². The molecule has 30 heavy (non-hydrogen) atoms. The van der Waals surface area contributed by atoms with Crippen molar-refractivity contribution in [2.45, 2.75) is 11.5 Å². The minimum absolute atomic E-state index is 0.0469. The molecule has 11 heteroatoms. The highest BCUT2D eigenvalue weighted by Crippen LogP contribution is 2.36. The van der Waals surface area contributed by atoms with Gasteiger partial charge in [-0.15, -0.1) is 0 Å². The van der Waals surface area contributed by atoms with E-state index in [9.17, 15) is 8.42 Å². The maximum absolute atomic E-state index is 12.2. The topological polar surface area (TPSA) is 90.1 Å². The molecule has 0 saturated heterocycles. The van der Waals surface area contributed by atoms with Gasteiger partial charge in [0.05, 0.1) is 28.3 Å². The molecule has 0 bridgehead atoms. The number of halogens is 3. The lowest BCUT2D eigenvalue weighted by Crippen LogP contribution is -2.18. The predicted molar refractivity (Wildman–Crippen MR) is 115 cm³/mol. The maximum atomic E-state index is 12.2. The van der Waals surface area contributed by atoms with Crippen LogP contribution in [0.3, 0.4) is 0 Å². The summed E-state index contributed by atoms with van der Waals surface area (Å²) in [5.41, 5.74) is 0. The summed E-state index contributed by atoms with van der Waals surface area (Å²) in [7, 11) is -2.32. The van der Waals surface area contributed by atoms with E-state index < -0.39 is 10.0 Å². The van der Waals surface area contributed by atoms with Crippen LogP contribution in [0.25, 0.3) is 0 Å². The van der Waals surface area contributed by atoms with Crippen LogP contribution in [0.2, 0.25) is 15.1 Å². The van der Waals surface area contributed by atoms with Crippen LogP contribution in [-0.2, 0) is 16.6 Å². The summed E-state index contributed by atoms with van der Waals surface area (Å²) in [4.78, 5) is 2.16. The van der Waals surface area contributed by atoms with E-state index in [4.69, 9.17) is 48.7 Å². The average molecular weight is 490 g/mol. The largest absolute Gasteiger partial charge is 0.497 e. The van der Waals surface area contributed by atoms with Gasteiger partial charge in [0, 0.05) is 5.02 Å². The van der Waals surface area contributed by atoms with Gasteiger partial charge in [-0.25, -0.2) is 0 Å². The van der Waals surface area contributed by atoms with Gasteiger partial charge in [0.15, 0.2) is 5.75 Å². The van der Waals surface area contributed by atoms with Gasteiger partial charge in [0.2, 0.25) is 0 Å². The van der Waals surface area contributed by atoms with Crippen molar-refractivity contribution in [1.82, 2.24) is 4.83 Å². The number of hydrogen-bond acceptors (Lipinski definition) is 6. The summed E-state index contributed by atoms with van der Waals surface area (Å²) in [5, 5.41) is 4.65. The minimum atomic E-state index is -3.82. The van der Waals surface area contributed by atoms with Crippen LogP contribution in [0.1, 0.15) is 11.5 Å². The Morgan fingerprint density at radius 3 is 2.37 bits per heavy atom. The molecule has 0 unspecified atom stereocenters. The second kappa shape index (κ2) is 9.61. The molecule has 0 aliphatic rings. The number of sulfonamides is 1. The third kappa shape index (κ3) is 5.60. The first kappa shape index (κ1) is 22.3. The Labute approximate surface area is 188 Å². The number of nitrogens with zero attached hydrogens (tertiary/aromatic N) is 1. The van der Waals surface area contributed by atoms with Gasteiger partial charge in [-0.2, -0.15) is 18.4 Å². The Morgan fingerprint density at radius 1 is 1.07 bits per heavy atom. The van der Waals surface area contributed by atoms with Crippen molar-refractivity contribution in [2.24, 2.45) is 5.10 Å². The van der Waals surface area contributed by atoms with E-state index >= 15 is 0 Å². The van der Waals surface area contributed by atoms with Crippen molar-refractivity contribution in [3.8, 4) is 11.5 Å². The molecule has 2 aromatic carbocycles. The number of furan rings is 1. The second-order valence-electron chi connectivity index (χ2n) is 5.82. The van der Waals surface area contributed by atoms with Gasteiger partial charge in [-0.3, -0.25) is 0 Å². The standard InChI is InChI=1S/C19H15Cl3N2O5S/c1-27-13-4-6-16(7-5-13)30(25,26)24-23-10-14-2-3-15(29-14)11-28-19-17(21)8-12(20)9-18(19)22/h2-10,24H,11H2,1H3. The van der Waals surface area contributed by atoms with Crippen molar-refractivity contribution >= 4 is 51.0 Å². The molecule has 1 N–H and O–H groups in total. The monoisotopic (exact) mass is 488 g/mol. The third-order valence-electron chi connectivity index (χ3n) is 3.74. The molecule has 1 aromatic heterocycles. The summed E-state index contributed by atoms with van der Waals surface area (Å²) in [6.07, 6.45) is 1.23. The van der Waals surface area contributed by atoms with Crippen LogP contribution in [0, 0.1) is 0 Å². The van der Waals surface area contributed by atoms with E-state index in [0.29, 0.717) is 22.3 Å². The first-order valence-corrected chi connectivity index (χ1v) is 10.9. The van der Waals surface area contributed by atoms with Crippen molar-refractivity contribution in [1.29, 1.82) is 0 Å². The molecule has 0 atom stereocenters. The van der Waals surface area contributed by atoms with Gasteiger partial charge in [-0.1, -0.05) is 34.8 Å². The number of ether oxygens (including phenoxy) is 2. The molecule has 0 aliphatic heterocycles. The van der Waals surface area contributed by atoms with E-state index in [1.165, 1.54) is 49.7 Å². The van der Waals surface area contributed by atoms with E-state index in [0.717, 1.165) is 0 Å². The third-order valence-corrected chi connectivity index (χ3v) is 5.76. The Bertz CT molecular complexity index is 1140. The van der Waals surface area contributed by atoms with Crippen LogP contribution in [0.15, 0.2) is 62.9 Å². The van der Waals surface area contributed by atoms with Gasteiger partial charge in [0.25, 0.3) is 10.0 Å². The molecule has 158 valence electrons. The Kier molecular flexibility index (Phi) is 7.14. The fourth-order valence-electron chi connectivity index (χ4n) is 2.32. The number of methoxy groups -OCH3 is 1. The van der Waals surface area contributed by atoms with E-state index in [1.54, 1.807) is 12.1 Å². The molecule has 0 radical (unpaired) electrons. The summed E-state index contributed by atoms with van der Waals surface area (Å²) < 4.78 is 40.5. The fraction of sp³-hybridized carbons (Fsp3) is 0.105. The molecule has 0 amide bonds. The van der Waals surface area contributed by atoms with Crippen LogP contribution < -0.4 is 14.3 Å². The van der Waals surface area contributed by atoms with Gasteiger partial charge in [-0.05, 0) is 48.5 Å². The van der Waals surface area contributed by atoms with Crippen LogP contribution in [-0.4, -0.2) is 21.7 Å². The number of hydrogen-bond donors (Lipinski definition) is 1. The molecule has 0 spiro atoms. The fourth-order valence-corrected chi connectivity index (χ4v) is 4.04. The molecular formula is C19H15Cl3N2O5S. The average Bonchev–Trinajstić information content (AvgIpc) is 3.14. The van der Waals surface area contributed by atoms with Crippen molar-refractivity contribution in [3.63, 3.8) is 0 Å². The zero-order valence-electron chi connectivity index (χ0n) is 15.4. The Hall–Kier alpha value is -2.39. The van der Waals surface area contributed by atoms with Crippen molar-refractivity contribution in [3.05, 3.63) is 75.1 Å². The number of rotatable bonds is 8. The molecule has 1 heterocycles. The van der Waals surface area contributed by atoms with Crippen molar-refractivity contribution < 1.29 is 22.3 Å². The van der Waals surface area contributed by atoms with E-state index in [-0.39, 0.29) is 27.3 Å². The molecule has 0 aliphatic carbocycles. The maximum Gasteiger partial charge on any atom is 0.276 e. The van der Waals surface area contributed by atoms with Crippen LogP contribution in [0.5, 0.6) is 11.5 Å². The lowest BCUT2D eigenvalue weighted by atomic mass is 10.3. The highest BCUT2D eigenvalue weighted by atomic mass is 35.5. The Morgan fingerprint density at radius 2 is 1.73 bits per heavy atom. The van der Waals surface area contributed by atoms with Crippen LogP contribution >= 0.6 is 34.8 Å². The normalized spacial score (nSPS) is 11.6.